The van der Waals surface area contributed by atoms with Crippen LogP contribution in [-0.4, -0.2) is 29.9 Å². The second kappa shape index (κ2) is 10.4. The molecule has 1 aliphatic carbocycles. The molecule has 0 saturated heterocycles. The van der Waals surface area contributed by atoms with E-state index in [2.05, 4.69) is 30.1 Å². The zero-order chi connectivity index (χ0) is 23.3. The minimum atomic E-state index is -0.383. The number of aliphatic hydroxyl groups excluding tert-OH is 1. The number of esters is 1. The zero-order valence-electron chi connectivity index (χ0n) is 18.8. The Bertz CT molecular complexity index is 1100. The maximum absolute atomic E-state index is 11.9. The monoisotopic (exact) mass is 431 g/mol. The van der Waals surface area contributed by atoms with Gasteiger partial charge in [0.15, 0.2) is 0 Å². The SMILES string of the molecule is C=C(N=C(C)c1cccc2c1CCC2NCCO)c1ccc(OC(=O)C(C)C)c(C#N)c1. The molecule has 0 spiro atoms. The highest BCUT2D eigenvalue weighted by molar-refractivity contribution is 6.03. The lowest BCUT2D eigenvalue weighted by atomic mass is 9.99. The predicted octanol–water partition coefficient (Wildman–Crippen LogP) is 4.17. The van der Waals surface area contributed by atoms with Crippen LogP contribution in [0.15, 0.2) is 48.0 Å². The Balaban J connectivity index is 1.84. The number of rotatable bonds is 8. The highest BCUT2D eigenvalue weighted by Crippen LogP contribution is 2.34. The molecule has 0 radical (unpaired) electrons. The van der Waals surface area contributed by atoms with E-state index >= 15 is 0 Å². The summed E-state index contributed by atoms with van der Waals surface area (Å²) in [5, 5.41) is 22.0. The molecular formula is C26H29N3O3. The summed E-state index contributed by atoms with van der Waals surface area (Å²) in [5.74, 6) is -0.424. The van der Waals surface area contributed by atoms with Crippen LogP contribution in [0, 0.1) is 17.2 Å². The van der Waals surface area contributed by atoms with Crippen LogP contribution in [0.1, 0.15) is 61.1 Å². The van der Waals surface area contributed by atoms with Gasteiger partial charge in [-0.15, -0.1) is 0 Å². The van der Waals surface area contributed by atoms with Crippen LogP contribution in [-0.2, 0) is 11.2 Å². The number of aliphatic hydroxyl groups is 1. The first kappa shape index (κ1) is 23.4. The summed E-state index contributed by atoms with van der Waals surface area (Å²) in [7, 11) is 0. The predicted molar refractivity (Wildman–Crippen MR) is 125 cm³/mol. The lowest BCUT2D eigenvalue weighted by molar-refractivity contribution is -0.137. The third-order valence-electron chi connectivity index (χ3n) is 5.58. The average Bonchev–Trinajstić information content (AvgIpc) is 3.20. The van der Waals surface area contributed by atoms with Gasteiger partial charge in [-0.1, -0.05) is 38.6 Å². The van der Waals surface area contributed by atoms with E-state index in [-0.39, 0.29) is 35.8 Å². The van der Waals surface area contributed by atoms with Crippen LogP contribution < -0.4 is 10.1 Å². The Morgan fingerprint density at radius 2 is 2.16 bits per heavy atom. The first-order valence-electron chi connectivity index (χ1n) is 10.8. The van der Waals surface area contributed by atoms with E-state index in [4.69, 9.17) is 14.8 Å². The smallest absolute Gasteiger partial charge is 0.313 e. The normalized spacial score (nSPS) is 15.4. The fourth-order valence-corrected chi connectivity index (χ4v) is 3.88. The van der Waals surface area contributed by atoms with Crippen molar-refractivity contribution >= 4 is 17.4 Å². The Labute approximate surface area is 189 Å². The summed E-state index contributed by atoms with van der Waals surface area (Å²) in [6.07, 6.45) is 1.94. The molecule has 2 aromatic rings. The maximum atomic E-state index is 11.9. The number of fused-ring (bicyclic) bond motifs is 1. The molecule has 1 aliphatic rings. The minimum absolute atomic E-state index is 0.117. The van der Waals surface area contributed by atoms with E-state index in [1.807, 2.05) is 13.0 Å². The summed E-state index contributed by atoms with van der Waals surface area (Å²) in [5.41, 5.74) is 5.95. The van der Waals surface area contributed by atoms with E-state index in [0.29, 0.717) is 17.8 Å². The number of hydrogen-bond donors (Lipinski definition) is 2. The Hall–Kier alpha value is -3.27. The van der Waals surface area contributed by atoms with E-state index in [0.717, 1.165) is 24.1 Å². The summed E-state index contributed by atoms with van der Waals surface area (Å²) in [4.78, 5) is 16.6. The van der Waals surface area contributed by atoms with E-state index < -0.39 is 0 Å². The highest BCUT2D eigenvalue weighted by Gasteiger charge is 2.24. The molecule has 6 heteroatoms. The summed E-state index contributed by atoms with van der Waals surface area (Å²) < 4.78 is 5.32. The van der Waals surface area contributed by atoms with Crippen LogP contribution in [0.3, 0.4) is 0 Å². The molecule has 0 aromatic heterocycles. The van der Waals surface area contributed by atoms with Crippen LogP contribution in [0.2, 0.25) is 0 Å². The first-order valence-corrected chi connectivity index (χ1v) is 10.8. The Morgan fingerprint density at radius 3 is 2.84 bits per heavy atom. The van der Waals surface area contributed by atoms with Crippen molar-refractivity contribution < 1.29 is 14.6 Å². The topological polar surface area (TPSA) is 94.7 Å². The van der Waals surface area contributed by atoms with Gasteiger partial charge in [0.25, 0.3) is 0 Å². The fraction of sp³-hybridized carbons (Fsp3) is 0.346. The van der Waals surface area contributed by atoms with Crippen molar-refractivity contribution in [1.82, 2.24) is 5.32 Å². The van der Waals surface area contributed by atoms with Gasteiger partial charge in [-0.25, -0.2) is 0 Å². The first-order chi connectivity index (χ1) is 15.3. The number of ether oxygens (including phenoxy) is 1. The molecule has 0 aliphatic heterocycles. The lowest BCUT2D eigenvalue weighted by Crippen LogP contribution is -2.22. The van der Waals surface area contributed by atoms with Crippen LogP contribution in [0.5, 0.6) is 5.75 Å². The van der Waals surface area contributed by atoms with Crippen LogP contribution >= 0.6 is 0 Å². The molecule has 2 aromatic carbocycles. The second-order valence-electron chi connectivity index (χ2n) is 8.18. The van der Waals surface area contributed by atoms with Crippen LogP contribution in [0.25, 0.3) is 5.70 Å². The molecule has 166 valence electrons. The van der Waals surface area contributed by atoms with E-state index in [9.17, 15) is 10.1 Å². The van der Waals surface area contributed by atoms with Crippen molar-refractivity contribution in [2.75, 3.05) is 13.2 Å². The molecule has 2 N–H and O–H groups in total. The standard InChI is InChI=1S/C26H29N3O3/c1-16(2)26(31)32-25-11-8-19(14-20(25)15-27)17(3)29-18(4)21-6-5-7-23-22(21)9-10-24(23)28-12-13-30/h5-8,11,14,16,24,28,30H,3,9-10,12-13H2,1-2,4H3. The van der Waals surface area contributed by atoms with Crippen molar-refractivity contribution in [1.29, 1.82) is 5.26 Å². The van der Waals surface area contributed by atoms with Gasteiger partial charge in [-0.2, -0.15) is 5.26 Å². The van der Waals surface area contributed by atoms with Crippen molar-refractivity contribution in [3.63, 3.8) is 0 Å². The molecule has 0 amide bonds. The number of hydrogen-bond acceptors (Lipinski definition) is 6. The molecular weight excluding hydrogens is 402 g/mol. The molecule has 32 heavy (non-hydrogen) atoms. The van der Waals surface area contributed by atoms with Crippen LogP contribution in [0.4, 0.5) is 0 Å². The molecule has 0 fully saturated rings. The van der Waals surface area contributed by atoms with Crippen molar-refractivity contribution in [3.05, 3.63) is 70.8 Å². The largest absolute Gasteiger partial charge is 0.425 e. The highest BCUT2D eigenvalue weighted by atomic mass is 16.5. The van der Waals surface area contributed by atoms with Gasteiger partial charge >= 0.3 is 5.97 Å². The number of benzene rings is 2. The molecule has 6 nitrogen and oxygen atoms in total. The molecule has 0 heterocycles. The van der Waals surface area contributed by atoms with Gasteiger partial charge in [0.1, 0.15) is 11.8 Å². The van der Waals surface area contributed by atoms with E-state index in [1.165, 1.54) is 11.1 Å². The number of aliphatic imine (C=N–C) groups is 1. The summed E-state index contributed by atoms with van der Waals surface area (Å²) >= 11 is 0. The van der Waals surface area contributed by atoms with Gasteiger partial charge in [-0.3, -0.25) is 9.79 Å². The van der Waals surface area contributed by atoms with Gasteiger partial charge in [0, 0.05) is 23.9 Å². The molecule has 0 bridgehead atoms. The van der Waals surface area contributed by atoms with Gasteiger partial charge < -0.3 is 15.2 Å². The number of nitrogens with zero attached hydrogens (tertiary/aromatic N) is 2. The molecule has 1 unspecified atom stereocenters. The minimum Gasteiger partial charge on any atom is -0.425 e. The summed E-state index contributed by atoms with van der Waals surface area (Å²) in [6, 6.07) is 13.6. The van der Waals surface area contributed by atoms with Crippen molar-refractivity contribution in [3.8, 4) is 11.8 Å². The molecule has 1 atom stereocenters. The maximum Gasteiger partial charge on any atom is 0.313 e. The third kappa shape index (κ3) is 5.13. The Morgan fingerprint density at radius 1 is 1.38 bits per heavy atom. The quantitative estimate of drug-likeness (QED) is 0.372. The average molecular weight is 432 g/mol. The number of nitrogens with one attached hydrogen (secondary N) is 1. The zero-order valence-corrected chi connectivity index (χ0v) is 18.8. The third-order valence-corrected chi connectivity index (χ3v) is 5.58. The number of carbonyl (C=O) groups is 1. The number of nitriles is 1. The fourth-order valence-electron chi connectivity index (χ4n) is 3.88. The van der Waals surface area contributed by atoms with Gasteiger partial charge in [0.05, 0.1) is 23.8 Å². The molecule has 3 rings (SSSR count). The van der Waals surface area contributed by atoms with Crippen molar-refractivity contribution in [2.45, 2.75) is 39.7 Å². The summed E-state index contributed by atoms with van der Waals surface area (Å²) in [6.45, 7) is 10.2. The van der Waals surface area contributed by atoms with Gasteiger partial charge in [0.2, 0.25) is 0 Å². The van der Waals surface area contributed by atoms with Gasteiger partial charge in [-0.05, 0) is 54.7 Å². The van der Waals surface area contributed by atoms with Crippen molar-refractivity contribution in [2.24, 2.45) is 10.9 Å². The number of carbonyl (C=O) groups excluding carboxylic acids is 1. The lowest BCUT2D eigenvalue weighted by Gasteiger charge is -2.14. The van der Waals surface area contributed by atoms with E-state index in [1.54, 1.807) is 32.0 Å². The second-order valence-corrected chi connectivity index (χ2v) is 8.18. The Kier molecular flexibility index (Phi) is 7.57. The molecule has 0 saturated carbocycles.